The Balaban J connectivity index is 2.01. The van der Waals surface area contributed by atoms with Gasteiger partial charge in [-0.1, -0.05) is 39.0 Å². The highest BCUT2D eigenvalue weighted by atomic mass is 16.5. The first-order valence-corrected chi connectivity index (χ1v) is 7.61. The van der Waals surface area contributed by atoms with Gasteiger partial charge in [-0.15, -0.1) is 0 Å². The number of para-hydroxylation sites is 1. The Labute approximate surface area is 123 Å². The highest BCUT2D eigenvalue weighted by molar-refractivity contribution is 5.33. The summed E-state index contributed by atoms with van der Waals surface area (Å²) in [6.07, 6.45) is 2.49. The van der Waals surface area contributed by atoms with Crippen molar-refractivity contribution in [2.45, 2.75) is 52.2 Å². The summed E-state index contributed by atoms with van der Waals surface area (Å²) >= 11 is 0. The van der Waals surface area contributed by atoms with Crippen molar-refractivity contribution in [2.24, 2.45) is 5.41 Å². The third-order valence-electron chi connectivity index (χ3n) is 4.14. The lowest BCUT2D eigenvalue weighted by Crippen LogP contribution is -2.57. The van der Waals surface area contributed by atoms with Crippen molar-refractivity contribution < 1.29 is 4.74 Å². The second-order valence-electron chi connectivity index (χ2n) is 6.74. The van der Waals surface area contributed by atoms with Crippen LogP contribution >= 0.6 is 0 Å². The number of hydrogen-bond acceptors (Lipinski definition) is 3. The van der Waals surface area contributed by atoms with E-state index in [4.69, 9.17) is 4.74 Å². The molecule has 112 valence electrons. The first kappa shape index (κ1) is 15.3. The Kier molecular flexibility index (Phi) is 5.06. The quantitative estimate of drug-likeness (QED) is 0.887. The van der Waals surface area contributed by atoms with E-state index >= 15 is 0 Å². The summed E-state index contributed by atoms with van der Waals surface area (Å²) in [4.78, 5) is 0. The second kappa shape index (κ2) is 6.59. The van der Waals surface area contributed by atoms with E-state index in [0.29, 0.717) is 12.1 Å². The molecule has 1 aromatic rings. The van der Waals surface area contributed by atoms with Crippen molar-refractivity contribution in [1.29, 1.82) is 0 Å². The van der Waals surface area contributed by atoms with E-state index in [1.807, 2.05) is 12.1 Å². The van der Waals surface area contributed by atoms with Crippen LogP contribution in [0.1, 0.15) is 39.2 Å². The van der Waals surface area contributed by atoms with Gasteiger partial charge < -0.3 is 15.4 Å². The molecule has 1 aromatic carbocycles. The molecule has 1 saturated heterocycles. The van der Waals surface area contributed by atoms with Crippen LogP contribution in [0.3, 0.4) is 0 Å². The van der Waals surface area contributed by atoms with Crippen LogP contribution in [-0.2, 0) is 6.54 Å². The molecule has 0 bridgehead atoms. The van der Waals surface area contributed by atoms with Gasteiger partial charge in [0.25, 0.3) is 0 Å². The molecule has 3 nitrogen and oxygen atoms in total. The molecule has 0 unspecified atom stereocenters. The van der Waals surface area contributed by atoms with Gasteiger partial charge in [0.1, 0.15) is 5.75 Å². The number of methoxy groups -OCH3 is 1. The molecule has 20 heavy (non-hydrogen) atoms. The van der Waals surface area contributed by atoms with Gasteiger partial charge in [0.2, 0.25) is 0 Å². The highest BCUT2D eigenvalue weighted by Crippen LogP contribution is 2.27. The van der Waals surface area contributed by atoms with Crippen LogP contribution in [0.15, 0.2) is 24.3 Å². The van der Waals surface area contributed by atoms with E-state index < -0.39 is 0 Å². The summed E-state index contributed by atoms with van der Waals surface area (Å²) in [7, 11) is 1.74. The summed E-state index contributed by atoms with van der Waals surface area (Å²) in [5.41, 5.74) is 1.51. The molecule has 0 spiro atoms. The molecule has 3 heteroatoms. The Bertz CT molecular complexity index is 425. The van der Waals surface area contributed by atoms with Crippen LogP contribution in [0.2, 0.25) is 0 Å². The highest BCUT2D eigenvalue weighted by Gasteiger charge is 2.33. The summed E-state index contributed by atoms with van der Waals surface area (Å²) in [5.74, 6) is 0.969. The third-order valence-corrected chi connectivity index (χ3v) is 4.14. The normalized spacial score (nSPS) is 23.6. The molecule has 0 aliphatic carbocycles. The fraction of sp³-hybridized carbons (Fsp3) is 0.647. The minimum atomic E-state index is 0.277. The topological polar surface area (TPSA) is 33.3 Å². The summed E-state index contributed by atoms with van der Waals surface area (Å²) < 4.78 is 5.42. The fourth-order valence-electron chi connectivity index (χ4n) is 3.11. The van der Waals surface area contributed by atoms with Crippen molar-refractivity contribution in [2.75, 3.05) is 13.7 Å². The average molecular weight is 276 g/mol. The van der Waals surface area contributed by atoms with Gasteiger partial charge in [-0.25, -0.2) is 0 Å². The van der Waals surface area contributed by atoms with Crippen molar-refractivity contribution in [3.63, 3.8) is 0 Å². The SMILES string of the molecule is COc1ccccc1CN[C@H]1CCCN[C@H]1C(C)(C)C. The van der Waals surface area contributed by atoms with Crippen LogP contribution in [0.4, 0.5) is 0 Å². The molecule has 2 rings (SSSR count). The zero-order valence-corrected chi connectivity index (χ0v) is 13.2. The van der Waals surface area contributed by atoms with Crippen molar-refractivity contribution >= 4 is 0 Å². The van der Waals surface area contributed by atoms with Crippen molar-refractivity contribution in [3.8, 4) is 5.75 Å². The number of rotatable bonds is 4. The summed E-state index contributed by atoms with van der Waals surface area (Å²) in [5, 5.41) is 7.41. The Morgan fingerprint density at radius 2 is 2.05 bits per heavy atom. The van der Waals surface area contributed by atoms with E-state index in [9.17, 15) is 0 Å². The molecule has 0 radical (unpaired) electrons. The molecule has 1 heterocycles. The zero-order chi connectivity index (χ0) is 14.6. The first-order valence-electron chi connectivity index (χ1n) is 7.61. The van der Waals surface area contributed by atoms with E-state index in [-0.39, 0.29) is 5.41 Å². The molecule has 0 saturated carbocycles. The number of ether oxygens (including phenoxy) is 1. The van der Waals surface area contributed by atoms with Gasteiger partial charge in [0.15, 0.2) is 0 Å². The summed E-state index contributed by atoms with van der Waals surface area (Å²) in [6.45, 7) is 8.94. The number of hydrogen-bond donors (Lipinski definition) is 2. The van der Waals surface area contributed by atoms with Crippen LogP contribution in [-0.4, -0.2) is 25.7 Å². The third kappa shape index (κ3) is 3.74. The summed E-state index contributed by atoms with van der Waals surface area (Å²) in [6, 6.07) is 9.29. The lowest BCUT2D eigenvalue weighted by Gasteiger charge is -2.41. The van der Waals surface area contributed by atoms with Crippen LogP contribution in [0.5, 0.6) is 5.75 Å². The Morgan fingerprint density at radius 1 is 1.30 bits per heavy atom. The van der Waals surface area contributed by atoms with Crippen LogP contribution in [0, 0.1) is 5.41 Å². The van der Waals surface area contributed by atoms with Gasteiger partial charge in [0, 0.05) is 24.2 Å². The second-order valence-corrected chi connectivity index (χ2v) is 6.74. The maximum atomic E-state index is 5.42. The largest absolute Gasteiger partial charge is 0.496 e. The van der Waals surface area contributed by atoms with Gasteiger partial charge in [-0.2, -0.15) is 0 Å². The van der Waals surface area contributed by atoms with Crippen LogP contribution < -0.4 is 15.4 Å². The molecular weight excluding hydrogens is 248 g/mol. The standard InChI is InChI=1S/C17H28N2O/c1-17(2,3)16-14(9-7-11-18-16)19-12-13-8-5-6-10-15(13)20-4/h5-6,8,10,14,16,18-19H,7,9,11-12H2,1-4H3/t14-,16+/m0/s1. The number of nitrogens with one attached hydrogen (secondary N) is 2. The molecule has 2 atom stereocenters. The minimum Gasteiger partial charge on any atom is -0.496 e. The molecule has 0 amide bonds. The molecule has 1 fully saturated rings. The maximum Gasteiger partial charge on any atom is 0.123 e. The van der Waals surface area contributed by atoms with E-state index in [1.54, 1.807) is 7.11 Å². The Hall–Kier alpha value is -1.06. The number of piperidine rings is 1. The van der Waals surface area contributed by atoms with Gasteiger partial charge in [0.05, 0.1) is 7.11 Å². The lowest BCUT2D eigenvalue weighted by atomic mass is 9.79. The van der Waals surface area contributed by atoms with E-state index in [1.165, 1.54) is 18.4 Å². The monoisotopic (exact) mass is 276 g/mol. The molecule has 1 aliphatic heterocycles. The van der Waals surface area contributed by atoms with Crippen molar-refractivity contribution in [1.82, 2.24) is 10.6 Å². The number of benzene rings is 1. The lowest BCUT2D eigenvalue weighted by molar-refractivity contribution is 0.175. The van der Waals surface area contributed by atoms with E-state index in [0.717, 1.165) is 18.8 Å². The van der Waals surface area contributed by atoms with Gasteiger partial charge in [-0.3, -0.25) is 0 Å². The van der Waals surface area contributed by atoms with Gasteiger partial charge in [-0.05, 0) is 30.9 Å². The smallest absolute Gasteiger partial charge is 0.123 e. The first-order chi connectivity index (χ1) is 9.52. The fourth-order valence-corrected chi connectivity index (χ4v) is 3.11. The zero-order valence-electron chi connectivity index (χ0n) is 13.2. The molecule has 1 aliphatic rings. The predicted octanol–water partition coefficient (Wildman–Crippen LogP) is 2.95. The van der Waals surface area contributed by atoms with E-state index in [2.05, 4.69) is 43.5 Å². The molecule has 2 N–H and O–H groups in total. The van der Waals surface area contributed by atoms with Crippen molar-refractivity contribution in [3.05, 3.63) is 29.8 Å². The molecular formula is C17H28N2O. The van der Waals surface area contributed by atoms with Gasteiger partial charge >= 0.3 is 0 Å². The van der Waals surface area contributed by atoms with Crippen LogP contribution in [0.25, 0.3) is 0 Å². The minimum absolute atomic E-state index is 0.277. The maximum absolute atomic E-state index is 5.42. The predicted molar refractivity (Wildman–Crippen MR) is 84.1 cm³/mol. The average Bonchev–Trinajstić information content (AvgIpc) is 2.44. The Morgan fingerprint density at radius 3 is 2.75 bits per heavy atom. The molecule has 0 aromatic heterocycles.